The number of nitrogens with zero attached hydrogens (tertiary/aromatic N) is 3. The summed E-state index contributed by atoms with van der Waals surface area (Å²) in [4.78, 5) is 2.33. The third kappa shape index (κ3) is 6.60. The number of benzene rings is 2. The number of rotatable bonds is 12. The van der Waals surface area contributed by atoms with E-state index in [9.17, 15) is 5.11 Å². The number of aliphatic hydroxyl groups excluding tert-OH is 1. The van der Waals surface area contributed by atoms with Gasteiger partial charge in [-0.25, -0.2) is 4.68 Å². The molecular formula is C27H34ClN3O3. The van der Waals surface area contributed by atoms with Crippen molar-refractivity contribution < 1.29 is 14.6 Å². The molecule has 7 heteroatoms. The number of hydrogen-bond acceptors (Lipinski definition) is 5. The van der Waals surface area contributed by atoms with E-state index in [1.807, 2.05) is 49.5 Å². The van der Waals surface area contributed by atoms with E-state index >= 15 is 0 Å². The molecule has 34 heavy (non-hydrogen) atoms. The summed E-state index contributed by atoms with van der Waals surface area (Å²) in [5.41, 5.74) is 2.93. The molecule has 1 aliphatic rings. The van der Waals surface area contributed by atoms with Crippen LogP contribution in [0.1, 0.15) is 32.3 Å². The quantitative estimate of drug-likeness (QED) is 0.367. The lowest BCUT2D eigenvalue weighted by molar-refractivity contribution is 0.00541. The SMILES string of the molecule is CC(C)COC[C@@H](O)CN(Cc1c(-c2ccccc2)nn(C)c1Oc1ccc(Cl)cc1)C1CC1. The van der Waals surface area contributed by atoms with Gasteiger partial charge in [-0.15, -0.1) is 0 Å². The highest BCUT2D eigenvalue weighted by molar-refractivity contribution is 6.30. The maximum Gasteiger partial charge on any atom is 0.222 e. The molecule has 4 rings (SSSR count). The standard InChI is InChI=1S/C27H34ClN3O3/c1-19(2)17-33-18-23(32)15-31(22-11-12-22)16-25-26(20-7-5-4-6-8-20)29-30(3)27(25)34-24-13-9-21(28)10-14-24/h4-10,13-14,19,22-23,32H,11-12,15-18H2,1-3H3/t23-/m0/s1. The zero-order valence-corrected chi connectivity index (χ0v) is 20.9. The van der Waals surface area contributed by atoms with Crippen LogP contribution in [0.3, 0.4) is 0 Å². The third-order valence-electron chi connectivity index (χ3n) is 5.79. The van der Waals surface area contributed by atoms with Crippen molar-refractivity contribution in [2.45, 2.75) is 45.4 Å². The molecule has 0 amide bonds. The molecule has 0 aliphatic heterocycles. The van der Waals surface area contributed by atoms with Crippen LogP contribution >= 0.6 is 11.6 Å². The lowest BCUT2D eigenvalue weighted by atomic mass is 10.1. The van der Waals surface area contributed by atoms with E-state index in [1.165, 1.54) is 0 Å². The van der Waals surface area contributed by atoms with Gasteiger partial charge < -0.3 is 14.6 Å². The maximum atomic E-state index is 10.7. The Morgan fingerprint density at radius 3 is 2.44 bits per heavy atom. The summed E-state index contributed by atoms with van der Waals surface area (Å²) in [5, 5.41) is 16.2. The van der Waals surface area contributed by atoms with Crippen LogP contribution in [0.4, 0.5) is 0 Å². The first-order chi connectivity index (χ1) is 16.4. The van der Waals surface area contributed by atoms with Crippen LogP contribution in [0.2, 0.25) is 5.02 Å². The summed E-state index contributed by atoms with van der Waals surface area (Å²) in [6.07, 6.45) is 1.72. The zero-order valence-electron chi connectivity index (χ0n) is 20.2. The van der Waals surface area contributed by atoms with Crippen molar-refractivity contribution in [1.29, 1.82) is 0 Å². The van der Waals surface area contributed by atoms with Gasteiger partial charge in [-0.1, -0.05) is 55.8 Å². The number of ether oxygens (including phenoxy) is 2. The highest BCUT2D eigenvalue weighted by atomic mass is 35.5. The summed E-state index contributed by atoms with van der Waals surface area (Å²) in [6.45, 7) is 6.39. The lowest BCUT2D eigenvalue weighted by Crippen LogP contribution is -2.36. The minimum Gasteiger partial charge on any atom is -0.439 e. The molecule has 0 unspecified atom stereocenters. The highest BCUT2D eigenvalue weighted by Gasteiger charge is 2.33. The average Bonchev–Trinajstić information content (AvgIpc) is 3.62. The summed E-state index contributed by atoms with van der Waals surface area (Å²) < 4.78 is 13.8. The Morgan fingerprint density at radius 2 is 1.79 bits per heavy atom. The summed E-state index contributed by atoms with van der Waals surface area (Å²) in [7, 11) is 1.90. The smallest absolute Gasteiger partial charge is 0.222 e. The molecule has 1 aliphatic carbocycles. The van der Waals surface area contributed by atoms with Crippen molar-refractivity contribution in [3.63, 3.8) is 0 Å². The molecule has 1 heterocycles. The van der Waals surface area contributed by atoms with E-state index in [0.29, 0.717) is 54.9 Å². The Balaban J connectivity index is 1.60. The second-order valence-electron chi connectivity index (χ2n) is 9.42. The molecule has 182 valence electrons. The first kappa shape index (κ1) is 24.7. The number of hydrogen-bond donors (Lipinski definition) is 1. The Labute approximate surface area is 207 Å². The molecule has 0 spiro atoms. The van der Waals surface area contributed by atoms with Crippen LogP contribution in [0.25, 0.3) is 11.3 Å². The molecule has 1 fully saturated rings. The molecule has 0 saturated heterocycles. The van der Waals surface area contributed by atoms with Gasteiger partial charge in [-0.3, -0.25) is 4.90 Å². The molecule has 1 aromatic heterocycles. The Morgan fingerprint density at radius 1 is 1.09 bits per heavy atom. The van der Waals surface area contributed by atoms with Crippen molar-refractivity contribution in [3.05, 3.63) is 65.2 Å². The maximum absolute atomic E-state index is 10.7. The fourth-order valence-electron chi connectivity index (χ4n) is 4.01. The average molecular weight is 484 g/mol. The van der Waals surface area contributed by atoms with Crippen LogP contribution in [-0.2, 0) is 18.3 Å². The van der Waals surface area contributed by atoms with Crippen molar-refractivity contribution in [2.75, 3.05) is 19.8 Å². The largest absolute Gasteiger partial charge is 0.439 e. The Bertz CT molecular complexity index is 1050. The topological polar surface area (TPSA) is 59.8 Å². The van der Waals surface area contributed by atoms with Gasteiger partial charge in [0.1, 0.15) is 11.4 Å². The first-order valence-corrected chi connectivity index (χ1v) is 12.3. The lowest BCUT2D eigenvalue weighted by Gasteiger charge is -2.25. The molecule has 2 aromatic carbocycles. The minimum absolute atomic E-state index is 0.341. The number of aromatic nitrogens is 2. The van der Waals surface area contributed by atoms with Crippen LogP contribution < -0.4 is 4.74 Å². The van der Waals surface area contributed by atoms with Gasteiger partial charge in [-0.2, -0.15) is 5.10 Å². The molecule has 1 atom stereocenters. The predicted molar refractivity (Wildman–Crippen MR) is 135 cm³/mol. The number of aliphatic hydroxyl groups is 1. The fraction of sp³-hybridized carbons (Fsp3) is 0.444. The number of aryl methyl sites for hydroxylation is 1. The van der Waals surface area contributed by atoms with Gasteiger partial charge in [-0.05, 0) is 43.0 Å². The van der Waals surface area contributed by atoms with Crippen molar-refractivity contribution in [1.82, 2.24) is 14.7 Å². The van der Waals surface area contributed by atoms with Crippen LogP contribution in [0.5, 0.6) is 11.6 Å². The summed E-state index contributed by atoms with van der Waals surface area (Å²) >= 11 is 6.06. The molecule has 3 aromatic rings. The molecule has 0 radical (unpaired) electrons. The molecular weight excluding hydrogens is 450 g/mol. The van der Waals surface area contributed by atoms with E-state index < -0.39 is 6.10 Å². The van der Waals surface area contributed by atoms with Crippen molar-refractivity contribution in [3.8, 4) is 22.9 Å². The van der Waals surface area contributed by atoms with Gasteiger partial charge in [0, 0.05) is 43.4 Å². The van der Waals surface area contributed by atoms with Gasteiger partial charge in [0.2, 0.25) is 5.88 Å². The van der Waals surface area contributed by atoms with Crippen LogP contribution in [0, 0.1) is 5.92 Å². The predicted octanol–water partition coefficient (Wildman–Crippen LogP) is 5.53. The minimum atomic E-state index is -0.545. The second-order valence-corrected chi connectivity index (χ2v) is 9.86. The Hall–Kier alpha value is -2.38. The zero-order chi connectivity index (χ0) is 24.1. The van der Waals surface area contributed by atoms with Gasteiger partial charge >= 0.3 is 0 Å². The van der Waals surface area contributed by atoms with E-state index in [-0.39, 0.29) is 0 Å². The van der Waals surface area contributed by atoms with Gasteiger partial charge in [0.05, 0.1) is 18.3 Å². The molecule has 1 saturated carbocycles. The van der Waals surface area contributed by atoms with Crippen LogP contribution in [-0.4, -0.2) is 51.7 Å². The van der Waals surface area contributed by atoms with Crippen LogP contribution in [0.15, 0.2) is 54.6 Å². The van der Waals surface area contributed by atoms with Crippen molar-refractivity contribution >= 4 is 11.6 Å². The second kappa shape index (κ2) is 11.4. The third-order valence-corrected chi connectivity index (χ3v) is 6.05. The van der Waals surface area contributed by atoms with E-state index in [4.69, 9.17) is 26.2 Å². The first-order valence-electron chi connectivity index (χ1n) is 11.9. The van der Waals surface area contributed by atoms with E-state index in [1.54, 1.807) is 4.68 Å². The van der Waals surface area contributed by atoms with E-state index in [2.05, 4.69) is 30.9 Å². The molecule has 1 N–H and O–H groups in total. The van der Waals surface area contributed by atoms with Crippen molar-refractivity contribution in [2.24, 2.45) is 13.0 Å². The molecule has 6 nitrogen and oxygen atoms in total. The summed E-state index contributed by atoms with van der Waals surface area (Å²) in [5.74, 6) is 1.84. The Kier molecular flexibility index (Phi) is 8.27. The van der Waals surface area contributed by atoms with Gasteiger partial charge in [0.15, 0.2) is 0 Å². The monoisotopic (exact) mass is 483 g/mol. The number of halogens is 1. The normalized spacial score (nSPS) is 14.7. The highest BCUT2D eigenvalue weighted by Crippen LogP contribution is 2.37. The van der Waals surface area contributed by atoms with Gasteiger partial charge in [0.25, 0.3) is 0 Å². The summed E-state index contributed by atoms with van der Waals surface area (Å²) in [6, 6.07) is 18.0. The fourth-order valence-corrected chi connectivity index (χ4v) is 4.14. The van der Waals surface area contributed by atoms with E-state index in [0.717, 1.165) is 29.7 Å². The molecule has 0 bridgehead atoms.